The summed E-state index contributed by atoms with van der Waals surface area (Å²) < 4.78 is 1.85. The molecule has 0 aliphatic heterocycles. The van der Waals surface area contributed by atoms with Crippen LogP contribution >= 0.6 is 0 Å². The molecule has 1 saturated carbocycles. The molecular weight excluding hydrogens is 240 g/mol. The molecular formula is C14H24N4O. The summed E-state index contributed by atoms with van der Waals surface area (Å²) in [6.45, 7) is 3.11. The van der Waals surface area contributed by atoms with Gasteiger partial charge >= 0.3 is 0 Å². The molecule has 1 amide bonds. The number of amides is 1. The summed E-state index contributed by atoms with van der Waals surface area (Å²) in [6.07, 6.45) is 7.91. The Balaban J connectivity index is 1.67. The fraction of sp³-hybridized carbons (Fsp3) is 0.714. The van der Waals surface area contributed by atoms with E-state index in [4.69, 9.17) is 0 Å². The number of aromatic nitrogens is 2. The second kappa shape index (κ2) is 6.70. The minimum absolute atomic E-state index is 0.105. The van der Waals surface area contributed by atoms with E-state index >= 15 is 0 Å². The van der Waals surface area contributed by atoms with Crippen molar-refractivity contribution in [3.8, 4) is 0 Å². The van der Waals surface area contributed by atoms with E-state index in [2.05, 4.69) is 15.7 Å². The van der Waals surface area contributed by atoms with Gasteiger partial charge in [-0.1, -0.05) is 19.3 Å². The van der Waals surface area contributed by atoms with Gasteiger partial charge < -0.3 is 10.6 Å². The maximum Gasteiger partial charge on any atom is 0.234 e. The lowest BCUT2D eigenvalue weighted by atomic mass is 9.95. The highest BCUT2D eigenvalue weighted by Crippen LogP contribution is 2.17. The van der Waals surface area contributed by atoms with Crippen LogP contribution < -0.4 is 10.6 Å². The summed E-state index contributed by atoms with van der Waals surface area (Å²) in [5.41, 5.74) is 2.29. The molecule has 1 aliphatic carbocycles. The molecule has 1 fully saturated rings. The average molecular weight is 264 g/mol. The third-order valence-corrected chi connectivity index (χ3v) is 3.91. The number of carbonyl (C=O) groups is 1. The summed E-state index contributed by atoms with van der Waals surface area (Å²) in [4.78, 5) is 11.8. The minimum Gasteiger partial charge on any atom is -0.352 e. The molecule has 106 valence electrons. The Kier molecular flexibility index (Phi) is 4.96. The number of hydrogen-bond acceptors (Lipinski definition) is 3. The first-order chi connectivity index (χ1) is 9.16. The second-order valence-electron chi connectivity index (χ2n) is 5.38. The minimum atomic E-state index is 0.105. The Bertz CT molecular complexity index is 421. The highest BCUT2D eigenvalue weighted by atomic mass is 16.1. The first-order valence-electron chi connectivity index (χ1n) is 7.14. The third-order valence-electron chi connectivity index (χ3n) is 3.91. The van der Waals surface area contributed by atoms with Crippen molar-refractivity contribution in [2.75, 3.05) is 6.54 Å². The van der Waals surface area contributed by atoms with Crippen LogP contribution in [0.25, 0.3) is 0 Å². The Labute approximate surface area is 114 Å². The maximum atomic E-state index is 11.8. The molecule has 1 heterocycles. The van der Waals surface area contributed by atoms with Gasteiger partial charge in [0.1, 0.15) is 0 Å². The summed E-state index contributed by atoms with van der Waals surface area (Å²) in [5.74, 6) is 0.105. The Morgan fingerprint density at radius 2 is 2.16 bits per heavy atom. The first kappa shape index (κ1) is 14.1. The highest BCUT2D eigenvalue weighted by Gasteiger charge is 2.15. The molecule has 19 heavy (non-hydrogen) atoms. The Morgan fingerprint density at radius 1 is 1.42 bits per heavy atom. The molecule has 1 aliphatic rings. The lowest BCUT2D eigenvalue weighted by Crippen LogP contribution is -2.41. The Hall–Kier alpha value is -1.36. The zero-order valence-electron chi connectivity index (χ0n) is 11.9. The molecule has 0 spiro atoms. The van der Waals surface area contributed by atoms with E-state index in [1.807, 2.05) is 24.9 Å². The number of rotatable bonds is 5. The number of carbonyl (C=O) groups excluding carboxylic acids is 1. The molecule has 0 saturated heterocycles. The monoisotopic (exact) mass is 264 g/mol. The summed E-state index contributed by atoms with van der Waals surface area (Å²) >= 11 is 0. The third kappa shape index (κ3) is 4.06. The average Bonchev–Trinajstić information content (AvgIpc) is 2.72. The van der Waals surface area contributed by atoms with Gasteiger partial charge in [0.05, 0.1) is 12.7 Å². The number of nitrogens with zero attached hydrogens (tertiary/aromatic N) is 2. The predicted molar refractivity (Wildman–Crippen MR) is 74.7 cm³/mol. The smallest absolute Gasteiger partial charge is 0.234 e. The molecule has 0 bridgehead atoms. The standard InChI is InChI=1S/C14H24N4O/c1-11-12(9-16-18(11)2)8-15-10-14(19)17-13-6-4-3-5-7-13/h9,13,15H,3-8,10H2,1-2H3,(H,17,19). The van der Waals surface area contributed by atoms with Crippen LogP contribution in [0, 0.1) is 6.92 Å². The molecule has 0 aromatic carbocycles. The van der Waals surface area contributed by atoms with Gasteiger partial charge in [-0.15, -0.1) is 0 Å². The van der Waals surface area contributed by atoms with Crippen molar-refractivity contribution in [1.29, 1.82) is 0 Å². The fourth-order valence-corrected chi connectivity index (χ4v) is 2.55. The Morgan fingerprint density at radius 3 is 2.79 bits per heavy atom. The predicted octanol–water partition coefficient (Wildman–Crippen LogP) is 1.27. The quantitative estimate of drug-likeness (QED) is 0.842. The van der Waals surface area contributed by atoms with Crippen LogP contribution in [0.1, 0.15) is 43.4 Å². The van der Waals surface area contributed by atoms with Crippen LogP contribution in [0.3, 0.4) is 0 Å². The van der Waals surface area contributed by atoms with Crippen LogP contribution in [-0.4, -0.2) is 28.3 Å². The summed E-state index contributed by atoms with van der Waals surface area (Å²) in [6, 6.07) is 0.392. The van der Waals surface area contributed by atoms with Crippen LogP contribution in [0.2, 0.25) is 0 Å². The highest BCUT2D eigenvalue weighted by molar-refractivity contribution is 5.78. The van der Waals surface area contributed by atoms with Crippen molar-refractivity contribution < 1.29 is 4.79 Å². The van der Waals surface area contributed by atoms with Crippen molar-refractivity contribution in [1.82, 2.24) is 20.4 Å². The van der Waals surface area contributed by atoms with Gasteiger partial charge in [-0.3, -0.25) is 9.48 Å². The topological polar surface area (TPSA) is 59.0 Å². The van der Waals surface area contributed by atoms with Gasteiger partial charge in [-0.25, -0.2) is 0 Å². The van der Waals surface area contributed by atoms with Gasteiger partial charge in [-0.2, -0.15) is 5.10 Å². The molecule has 1 aromatic rings. The molecule has 5 nitrogen and oxygen atoms in total. The van der Waals surface area contributed by atoms with Crippen molar-refractivity contribution in [2.24, 2.45) is 7.05 Å². The van der Waals surface area contributed by atoms with Crippen LogP contribution in [0.5, 0.6) is 0 Å². The van der Waals surface area contributed by atoms with Gasteiger partial charge in [0.15, 0.2) is 0 Å². The number of hydrogen-bond donors (Lipinski definition) is 2. The van der Waals surface area contributed by atoms with Crippen molar-refractivity contribution >= 4 is 5.91 Å². The summed E-state index contributed by atoms with van der Waals surface area (Å²) in [7, 11) is 1.93. The van der Waals surface area contributed by atoms with Crippen LogP contribution in [-0.2, 0) is 18.4 Å². The van der Waals surface area contributed by atoms with Gasteiger partial charge in [0.2, 0.25) is 5.91 Å². The van der Waals surface area contributed by atoms with Crippen molar-refractivity contribution in [3.05, 3.63) is 17.5 Å². The zero-order valence-corrected chi connectivity index (χ0v) is 11.9. The molecule has 5 heteroatoms. The normalized spacial score (nSPS) is 16.5. The SMILES string of the molecule is Cc1c(CNCC(=O)NC2CCCCC2)cnn1C. The van der Waals surface area contributed by atoms with E-state index in [0.29, 0.717) is 19.1 Å². The molecule has 1 aromatic heterocycles. The molecule has 0 atom stereocenters. The summed E-state index contributed by atoms with van der Waals surface area (Å²) in [5, 5.41) is 10.5. The van der Waals surface area contributed by atoms with Crippen LogP contribution in [0.15, 0.2) is 6.20 Å². The van der Waals surface area contributed by atoms with Crippen LogP contribution in [0.4, 0.5) is 0 Å². The van der Waals surface area contributed by atoms with Gasteiger partial charge in [-0.05, 0) is 19.8 Å². The second-order valence-corrected chi connectivity index (χ2v) is 5.38. The van der Waals surface area contributed by atoms with E-state index in [-0.39, 0.29) is 5.91 Å². The lowest BCUT2D eigenvalue weighted by molar-refractivity contribution is -0.121. The number of aryl methyl sites for hydroxylation is 1. The van der Waals surface area contributed by atoms with Gasteiger partial charge in [0.25, 0.3) is 0 Å². The lowest BCUT2D eigenvalue weighted by Gasteiger charge is -2.22. The van der Waals surface area contributed by atoms with Gasteiger partial charge in [0, 0.05) is 30.9 Å². The zero-order chi connectivity index (χ0) is 13.7. The molecule has 0 radical (unpaired) electrons. The maximum absolute atomic E-state index is 11.8. The van der Waals surface area contributed by atoms with E-state index in [1.165, 1.54) is 19.3 Å². The number of nitrogens with one attached hydrogen (secondary N) is 2. The largest absolute Gasteiger partial charge is 0.352 e. The van der Waals surface area contributed by atoms with E-state index in [0.717, 1.165) is 24.1 Å². The molecule has 0 unspecified atom stereocenters. The van der Waals surface area contributed by atoms with E-state index in [9.17, 15) is 4.79 Å². The van der Waals surface area contributed by atoms with E-state index in [1.54, 1.807) is 0 Å². The molecule has 2 N–H and O–H groups in total. The first-order valence-corrected chi connectivity index (χ1v) is 7.14. The molecule has 2 rings (SSSR count). The van der Waals surface area contributed by atoms with Crippen molar-refractivity contribution in [3.63, 3.8) is 0 Å². The van der Waals surface area contributed by atoms with E-state index < -0.39 is 0 Å². The van der Waals surface area contributed by atoms with Crippen molar-refractivity contribution in [2.45, 2.75) is 51.6 Å². The fourth-order valence-electron chi connectivity index (χ4n) is 2.55.